The predicted molar refractivity (Wildman–Crippen MR) is 115 cm³/mol. The lowest BCUT2D eigenvalue weighted by Gasteiger charge is -2.56. The standard InChI is InChI=1S/C22H31F2N3O5/c1-21(2,3)18-14-26(20(28)31-4)12-9-22(18)7-10-25(11-8-22)15-5-6-16(27(29)30)17(13-15)32-19(23)24/h5-6,13,18-19H,7-12,14H2,1-4H3. The average molecular weight is 456 g/mol. The molecule has 1 amide bonds. The molecule has 2 fully saturated rings. The Balaban J connectivity index is 1.78. The van der Waals surface area contributed by atoms with Crippen LogP contribution in [0.1, 0.15) is 40.0 Å². The van der Waals surface area contributed by atoms with E-state index in [0.717, 1.165) is 19.3 Å². The Kier molecular flexibility index (Phi) is 6.80. The van der Waals surface area contributed by atoms with Crippen LogP contribution in [0.2, 0.25) is 0 Å². The number of nitrogens with zero attached hydrogens (tertiary/aromatic N) is 3. The van der Waals surface area contributed by atoms with Gasteiger partial charge in [-0.25, -0.2) is 4.79 Å². The van der Waals surface area contributed by atoms with E-state index in [-0.39, 0.29) is 22.8 Å². The van der Waals surface area contributed by atoms with Crippen LogP contribution < -0.4 is 9.64 Å². The summed E-state index contributed by atoms with van der Waals surface area (Å²) in [5.41, 5.74) is 0.189. The Morgan fingerprint density at radius 2 is 1.84 bits per heavy atom. The lowest BCUT2D eigenvalue weighted by molar-refractivity contribution is -0.386. The molecule has 0 aliphatic carbocycles. The summed E-state index contributed by atoms with van der Waals surface area (Å²) in [6.45, 7) is 6.10. The van der Waals surface area contributed by atoms with Crippen LogP contribution in [-0.4, -0.2) is 55.8 Å². The summed E-state index contributed by atoms with van der Waals surface area (Å²) < 4.78 is 34.8. The molecule has 32 heavy (non-hydrogen) atoms. The number of amides is 1. The molecule has 2 heterocycles. The summed E-state index contributed by atoms with van der Waals surface area (Å²) in [6.07, 6.45) is 2.33. The van der Waals surface area contributed by atoms with E-state index in [1.807, 2.05) is 0 Å². The van der Waals surface area contributed by atoms with Crippen LogP contribution in [0, 0.1) is 26.9 Å². The highest BCUT2D eigenvalue weighted by Gasteiger charge is 2.50. The van der Waals surface area contributed by atoms with E-state index in [1.54, 1.807) is 11.0 Å². The summed E-state index contributed by atoms with van der Waals surface area (Å²) >= 11 is 0. The first-order valence-corrected chi connectivity index (χ1v) is 10.8. The number of ether oxygens (including phenoxy) is 2. The number of nitro benzene ring substituents is 1. The SMILES string of the molecule is COC(=O)N1CCC2(CCN(c3ccc([N+](=O)[O-])c(OC(F)F)c3)CC2)C(C(C)(C)C)C1. The smallest absolute Gasteiger partial charge is 0.409 e. The highest BCUT2D eigenvalue weighted by molar-refractivity contribution is 5.67. The summed E-state index contributed by atoms with van der Waals surface area (Å²) in [7, 11) is 1.40. The highest BCUT2D eigenvalue weighted by Crippen LogP contribution is 2.52. The minimum absolute atomic E-state index is 0.0134. The molecule has 0 N–H and O–H groups in total. The van der Waals surface area contributed by atoms with Gasteiger partial charge in [0.05, 0.1) is 12.0 Å². The number of methoxy groups -OCH3 is 1. The van der Waals surface area contributed by atoms with Gasteiger partial charge in [0.15, 0.2) is 0 Å². The minimum atomic E-state index is -3.14. The number of alkyl halides is 2. The monoisotopic (exact) mass is 455 g/mol. The molecule has 3 rings (SSSR count). The van der Waals surface area contributed by atoms with Crippen molar-refractivity contribution in [3.63, 3.8) is 0 Å². The molecule has 1 atom stereocenters. The molecule has 1 aromatic carbocycles. The van der Waals surface area contributed by atoms with Gasteiger partial charge in [-0.15, -0.1) is 0 Å². The molecule has 0 saturated carbocycles. The van der Waals surface area contributed by atoms with Gasteiger partial charge in [0.25, 0.3) is 0 Å². The van der Waals surface area contributed by atoms with Crippen LogP contribution in [0.25, 0.3) is 0 Å². The fourth-order valence-electron chi connectivity index (χ4n) is 5.37. The number of hydrogen-bond acceptors (Lipinski definition) is 6. The van der Waals surface area contributed by atoms with E-state index in [2.05, 4.69) is 30.4 Å². The topological polar surface area (TPSA) is 85.2 Å². The van der Waals surface area contributed by atoms with Crippen LogP contribution in [0.3, 0.4) is 0 Å². The highest BCUT2D eigenvalue weighted by atomic mass is 19.3. The van der Waals surface area contributed by atoms with Crippen molar-refractivity contribution in [1.82, 2.24) is 4.90 Å². The molecule has 0 bridgehead atoms. The number of anilines is 1. The molecule has 2 saturated heterocycles. The maximum Gasteiger partial charge on any atom is 0.409 e. The number of likely N-dealkylation sites (tertiary alicyclic amines) is 1. The molecule has 2 aliphatic rings. The van der Waals surface area contributed by atoms with Gasteiger partial charge in [-0.3, -0.25) is 10.1 Å². The normalized spacial score (nSPS) is 21.0. The maximum atomic E-state index is 12.8. The zero-order valence-corrected chi connectivity index (χ0v) is 19.0. The molecular weight excluding hydrogens is 424 g/mol. The number of nitro groups is 1. The number of halogens is 2. The fourth-order valence-corrected chi connectivity index (χ4v) is 5.37. The van der Waals surface area contributed by atoms with Crippen LogP contribution in [0.15, 0.2) is 18.2 Å². The molecule has 10 heteroatoms. The predicted octanol–water partition coefficient (Wildman–Crippen LogP) is 4.92. The Morgan fingerprint density at radius 3 is 2.38 bits per heavy atom. The van der Waals surface area contributed by atoms with Crippen LogP contribution in [-0.2, 0) is 4.74 Å². The van der Waals surface area contributed by atoms with Crippen molar-refractivity contribution in [2.75, 3.05) is 38.2 Å². The molecule has 1 unspecified atom stereocenters. The second-order valence-electron chi connectivity index (χ2n) is 9.72. The number of rotatable bonds is 4. The largest absolute Gasteiger partial charge is 0.453 e. The van der Waals surface area contributed by atoms with Crippen molar-refractivity contribution in [3.05, 3.63) is 28.3 Å². The molecule has 8 nitrogen and oxygen atoms in total. The van der Waals surface area contributed by atoms with E-state index in [1.165, 1.54) is 19.2 Å². The van der Waals surface area contributed by atoms with E-state index in [9.17, 15) is 23.7 Å². The average Bonchev–Trinajstić information content (AvgIpc) is 2.72. The van der Waals surface area contributed by atoms with Crippen molar-refractivity contribution in [1.29, 1.82) is 0 Å². The third-order valence-electron chi connectivity index (χ3n) is 6.98. The molecule has 178 valence electrons. The second kappa shape index (κ2) is 9.07. The quantitative estimate of drug-likeness (QED) is 0.473. The first-order valence-electron chi connectivity index (χ1n) is 10.8. The number of piperidine rings is 2. The summed E-state index contributed by atoms with van der Waals surface area (Å²) in [5.74, 6) is -0.152. The van der Waals surface area contributed by atoms with E-state index in [0.29, 0.717) is 31.9 Å². The van der Waals surface area contributed by atoms with Gasteiger partial charge in [-0.2, -0.15) is 8.78 Å². The number of benzene rings is 1. The van der Waals surface area contributed by atoms with E-state index in [4.69, 9.17) is 4.74 Å². The van der Waals surface area contributed by atoms with Gasteiger partial charge in [0, 0.05) is 44.0 Å². The molecule has 1 aromatic rings. The van der Waals surface area contributed by atoms with Gasteiger partial charge in [-0.1, -0.05) is 20.8 Å². The molecule has 1 spiro atoms. The van der Waals surface area contributed by atoms with Crippen LogP contribution >= 0.6 is 0 Å². The van der Waals surface area contributed by atoms with Crippen LogP contribution in [0.4, 0.5) is 25.0 Å². The lowest BCUT2D eigenvalue weighted by Crippen LogP contribution is -2.57. The zero-order valence-electron chi connectivity index (χ0n) is 19.0. The van der Waals surface area contributed by atoms with Crippen molar-refractivity contribution in [3.8, 4) is 5.75 Å². The number of carbonyl (C=O) groups excluding carboxylic acids is 1. The Bertz CT molecular complexity index is 850. The van der Waals surface area contributed by atoms with E-state index >= 15 is 0 Å². The van der Waals surface area contributed by atoms with Gasteiger partial charge in [-0.05, 0) is 42.1 Å². The zero-order chi connectivity index (χ0) is 23.7. The molecule has 0 aromatic heterocycles. The van der Waals surface area contributed by atoms with Gasteiger partial charge in [0.2, 0.25) is 5.75 Å². The van der Waals surface area contributed by atoms with Gasteiger partial charge >= 0.3 is 18.4 Å². The minimum Gasteiger partial charge on any atom is -0.453 e. The molecular formula is C22H31F2N3O5. The first kappa shape index (κ1) is 24.0. The van der Waals surface area contributed by atoms with Crippen molar-refractivity contribution in [2.45, 2.75) is 46.6 Å². The third kappa shape index (κ3) is 4.88. The summed E-state index contributed by atoms with van der Waals surface area (Å²) in [4.78, 5) is 26.4. The van der Waals surface area contributed by atoms with Crippen molar-refractivity contribution >= 4 is 17.5 Å². The summed E-state index contributed by atoms with van der Waals surface area (Å²) in [5, 5.41) is 11.1. The summed E-state index contributed by atoms with van der Waals surface area (Å²) in [6, 6.07) is 4.11. The second-order valence-corrected chi connectivity index (χ2v) is 9.72. The number of carbonyl (C=O) groups is 1. The lowest BCUT2D eigenvalue weighted by atomic mass is 9.57. The maximum absolute atomic E-state index is 12.8. The Labute approximate surface area is 186 Å². The Morgan fingerprint density at radius 1 is 1.22 bits per heavy atom. The van der Waals surface area contributed by atoms with Gasteiger partial charge < -0.3 is 19.3 Å². The van der Waals surface area contributed by atoms with Crippen LogP contribution in [0.5, 0.6) is 5.75 Å². The Hall–Kier alpha value is -2.65. The molecule has 2 aliphatic heterocycles. The molecule has 0 radical (unpaired) electrons. The first-order chi connectivity index (χ1) is 15.0. The third-order valence-corrected chi connectivity index (χ3v) is 6.98. The van der Waals surface area contributed by atoms with Crippen molar-refractivity contribution in [2.24, 2.45) is 16.7 Å². The van der Waals surface area contributed by atoms with Crippen molar-refractivity contribution < 1.29 is 28.0 Å². The van der Waals surface area contributed by atoms with Gasteiger partial charge in [0.1, 0.15) is 0 Å². The number of hydrogen-bond donors (Lipinski definition) is 0. The fraction of sp³-hybridized carbons (Fsp3) is 0.682. The van der Waals surface area contributed by atoms with E-state index < -0.39 is 23.0 Å².